The average Bonchev–Trinajstić information content (AvgIpc) is 2.50. The van der Waals surface area contributed by atoms with Crippen molar-refractivity contribution in [2.45, 2.75) is 18.9 Å². The highest BCUT2D eigenvalue weighted by atomic mass is 35.5. The van der Waals surface area contributed by atoms with Gasteiger partial charge in [-0.3, -0.25) is 4.79 Å². The van der Waals surface area contributed by atoms with E-state index >= 15 is 0 Å². The van der Waals surface area contributed by atoms with E-state index in [1.165, 1.54) is 0 Å². The zero-order chi connectivity index (χ0) is 15.1. The molecule has 0 aliphatic rings. The zero-order valence-electron chi connectivity index (χ0n) is 11.6. The predicted molar refractivity (Wildman–Crippen MR) is 84.2 cm³/mol. The van der Waals surface area contributed by atoms with E-state index < -0.39 is 6.10 Å². The van der Waals surface area contributed by atoms with Crippen molar-refractivity contribution in [1.82, 2.24) is 5.32 Å². The first-order valence-electron chi connectivity index (χ1n) is 6.90. The number of carbonyl (C=O) groups excluding carboxylic acids is 1. The number of amides is 1. The largest absolute Gasteiger partial charge is 0.388 e. The minimum absolute atomic E-state index is 0.0941. The van der Waals surface area contributed by atoms with Gasteiger partial charge in [0, 0.05) is 11.6 Å². The lowest BCUT2D eigenvalue weighted by atomic mass is 10.1. The van der Waals surface area contributed by atoms with Crippen LogP contribution in [0.3, 0.4) is 0 Å². The van der Waals surface area contributed by atoms with Crippen LogP contribution in [0.1, 0.15) is 23.7 Å². The number of halogens is 1. The highest BCUT2D eigenvalue weighted by Gasteiger charge is 2.09. The second-order valence-electron chi connectivity index (χ2n) is 4.83. The maximum atomic E-state index is 11.8. The van der Waals surface area contributed by atoms with Crippen LogP contribution in [0, 0.1) is 0 Å². The Balaban J connectivity index is 1.76. The third kappa shape index (κ3) is 4.88. The summed E-state index contributed by atoms with van der Waals surface area (Å²) < 4.78 is 0. The standard InChI is InChI=1S/C17H18ClNO2/c18-15-9-5-4-8-14(15)12-17(21)19-11-10-16(20)13-6-2-1-3-7-13/h1-9,16,20H,10-12H2,(H,19,21)/t16-/m1/s1. The Labute approximate surface area is 129 Å². The Morgan fingerprint density at radius 2 is 1.76 bits per heavy atom. The molecule has 110 valence electrons. The van der Waals surface area contributed by atoms with E-state index in [0.717, 1.165) is 11.1 Å². The lowest BCUT2D eigenvalue weighted by molar-refractivity contribution is -0.120. The van der Waals surface area contributed by atoms with Gasteiger partial charge in [0.2, 0.25) is 5.91 Å². The molecule has 1 atom stereocenters. The number of nitrogens with one attached hydrogen (secondary N) is 1. The summed E-state index contributed by atoms with van der Waals surface area (Å²) in [6.45, 7) is 0.430. The van der Waals surface area contributed by atoms with Gasteiger partial charge in [0.1, 0.15) is 0 Å². The number of hydrogen-bond acceptors (Lipinski definition) is 2. The van der Waals surface area contributed by atoms with Crippen LogP contribution in [0.5, 0.6) is 0 Å². The van der Waals surface area contributed by atoms with Crippen LogP contribution >= 0.6 is 11.6 Å². The molecule has 2 aromatic rings. The van der Waals surface area contributed by atoms with Crippen LogP contribution in [0.15, 0.2) is 54.6 Å². The van der Waals surface area contributed by atoms with Gasteiger partial charge in [-0.2, -0.15) is 0 Å². The molecule has 2 N–H and O–H groups in total. The quantitative estimate of drug-likeness (QED) is 0.861. The molecule has 0 aliphatic heterocycles. The van der Waals surface area contributed by atoms with Crippen LogP contribution < -0.4 is 5.32 Å². The van der Waals surface area contributed by atoms with Gasteiger partial charge in [0.05, 0.1) is 12.5 Å². The third-order valence-electron chi connectivity index (χ3n) is 3.23. The SMILES string of the molecule is O=C(Cc1ccccc1Cl)NCC[C@@H](O)c1ccccc1. The van der Waals surface area contributed by atoms with Crippen molar-refractivity contribution < 1.29 is 9.90 Å². The number of aliphatic hydroxyl groups is 1. The minimum Gasteiger partial charge on any atom is -0.388 e. The molecule has 0 unspecified atom stereocenters. The van der Waals surface area contributed by atoms with Crippen LogP contribution in [-0.2, 0) is 11.2 Å². The normalized spacial score (nSPS) is 11.9. The van der Waals surface area contributed by atoms with Crippen molar-refractivity contribution in [2.24, 2.45) is 0 Å². The summed E-state index contributed by atoms with van der Waals surface area (Å²) in [6, 6.07) is 16.7. The highest BCUT2D eigenvalue weighted by Crippen LogP contribution is 2.16. The van der Waals surface area contributed by atoms with Gasteiger partial charge in [-0.1, -0.05) is 60.1 Å². The Morgan fingerprint density at radius 1 is 1.10 bits per heavy atom. The molecule has 0 spiro atoms. The fraction of sp³-hybridized carbons (Fsp3) is 0.235. The van der Waals surface area contributed by atoms with E-state index in [9.17, 15) is 9.90 Å². The van der Waals surface area contributed by atoms with Crippen LogP contribution in [0.4, 0.5) is 0 Å². The Morgan fingerprint density at radius 3 is 2.48 bits per heavy atom. The van der Waals surface area contributed by atoms with Gasteiger partial charge in [0.25, 0.3) is 0 Å². The Hall–Kier alpha value is -1.84. The van der Waals surface area contributed by atoms with Crippen molar-refractivity contribution in [3.8, 4) is 0 Å². The smallest absolute Gasteiger partial charge is 0.224 e. The number of carbonyl (C=O) groups is 1. The highest BCUT2D eigenvalue weighted by molar-refractivity contribution is 6.31. The topological polar surface area (TPSA) is 49.3 Å². The monoisotopic (exact) mass is 303 g/mol. The van der Waals surface area contributed by atoms with Crippen LogP contribution in [0.2, 0.25) is 5.02 Å². The summed E-state index contributed by atoms with van der Waals surface area (Å²) in [6.07, 6.45) is 0.172. The fourth-order valence-electron chi connectivity index (χ4n) is 2.07. The molecule has 0 fully saturated rings. The molecular weight excluding hydrogens is 286 g/mol. The maximum Gasteiger partial charge on any atom is 0.224 e. The molecule has 3 nitrogen and oxygen atoms in total. The molecule has 2 rings (SSSR count). The van der Waals surface area contributed by atoms with E-state index in [1.54, 1.807) is 6.07 Å². The summed E-state index contributed by atoms with van der Waals surface area (Å²) in [5.41, 5.74) is 1.66. The number of rotatable bonds is 6. The second kappa shape index (κ2) is 7.81. The summed E-state index contributed by atoms with van der Waals surface area (Å²) in [4.78, 5) is 11.8. The van der Waals surface area contributed by atoms with Gasteiger partial charge in [-0.25, -0.2) is 0 Å². The van der Waals surface area contributed by atoms with Crippen molar-refractivity contribution in [2.75, 3.05) is 6.54 Å². The van der Waals surface area contributed by atoms with Gasteiger partial charge in [0.15, 0.2) is 0 Å². The molecule has 1 amide bonds. The van der Waals surface area contributed by atoms with Crippen LogP contribution in [-0.4, -0.2) is 17.6 Å². The average molecular weight is 304 g/mol. The number of benzene rings is 2. The van der Waals surface area contributed by atoms with Crippen molar-refractivity contribution in [1.29, 1.82) is 0 Å². The fourth-order valence-corrected chi connectivity index (χ4v) is 2.27. The predicted octanol–water partition coefficient (Wildman–Crippen LogP) is 3.12. The van der Waals surface area contributed by atoms with Gasteiger partial charge in [-0.15, -0.1) is 0 Å². The molecular formula is C17H18ClNO2. The number of hydrogen-bond donors (Lipinski definition) is 2. The summed E-state index contributed by atoms with van der Waals surface area (Å²) in [7, 11) is 0. The molecule has 0 aliphatic carbocycles. The van der Waals surface area contributed by atoms with E-state index in [-0.39, 0.29) is 12.3 Å². The van der Waals surface area contributed by atoms with Crippen molar-refractivity contribution in [3.63, 3.8) is 0 Å². The van der Waals surface area contributed by atoms with E-state index in [4.69, 9.17) is 11.6 Å². The van der Waals surface area contributed by atoms with E-state index in [1.807, 2.05) is 48.5 Å². The molecule has 0 heterocycles. The Kier molecular flexibility index (Phi) is 5.78. The molecule has 0 bridgehead atoms. The molecule has 2 aromatic carbocycles. The Bertz CT molecular complexity index is 586. The first-order valence-corrected chi connectivity index (χ1v) is 7.27. The third-order valence-corrected chi connectivity index (χ3v) is 3.60. The van der Waals surface area contributed by atoms with Gasteiger partial charge < -0.3 is 10.4 Å². The van der Waals surface area contributed by atoms with Gasteiger partial charge in [-0.05, 0) is 23.6 Å². The van der Waals surface area contributed by atoms with E-state index in [2.05, 4.69) is 5.32 Å². The van der Waals surface area contributed by atoms with E-state index in [0.29, 0.717) is 18.0 Å². The zero-order valence-corrected chi connectivity index (χ0v) is 12.4. The lowest BCUT2D eigenvalue weighted by Crippen LogP contribution is -2.27. The minimum atomic E-state index is -0.563. The molecule has 0 saturated carbocycles. The maximum absolute atomic E-state index is 11.8. The molecule has 21 heavy (non-hydrogen) atoms. The second-order valence-corrected chi connectivity index (χ2v) is 5.24. The summed E-state index contributed by atoms with van der Waals surface area (Å²) in [5, 5.41) is 13.4. The molecule has 0 radical (unpaired) electrons. The first-order chi connectivity index (χ1) is 10.2. The molecule has 4 heteroatoms. The summed E-state index contributed by atoms with van der Waals surface area (Å²) >= 11 is 6.01. The molecule has 0 aromatic heterocycles. The molecule has 0 saturated heterocycles. The van der Waals surface area contributed by atoms with Crippen molar-refractivity contribution in [3.05, 3.63) is 70.7 Å². The van der Waals surface area contributed by atoms with Crippen LogP contribution in [0.25, 0.3) is 0 Å². The van der Waals surface area contributed by atoms with Crippen molar-refractivity contribution >= 4 is 17.5 Å². The van der Waals surface area contributed by atoms with Gasteiger partial charge >= 0.3 is 0 Å². The summed E-state index contributed by atoms with van der Waals surface area (Å²) in [5.74, 6) is -0.0941. The first kappa shape index (κ1) is 15.5. The lowest BCUT2D eigenvalue weighted by Gasteiger charge is -2.11. The number of aliphatic hydroxyl groups excluding tert-OH is 1.